The average Bonchev–Trinajstić information content (AvgIpc) is 2.79. The molecule has 0 aliphatic heterocycles. The number of hydrogen-bond acceptors (Lipinski definition) is 1. The highest BCUT2D eigenvalue weighted by Gasteiger charge is 2.35. The Kier molecular flexibility index (Phi) is 4.50. The average molecular weight is 250 g/mol. The molecule has 4 atom stereocenters. The predicted octanol–water partition coefficient (Wildman–Crippen LogP) is 4.70. The van der Waals surface area contributed by atoms with E-state index in [2.05, 4.69) is 27.7 Å². The van der Waals surface area contributed by atoms with Crippen molar-refractivity contribution >= 4 is 5.78 Å². The summed E-state index contributed by atoms with van der Waals surface area (Å²) in [6.45, 7) is 9.34. The molecule has 2 saturated carbocycles. The van der Waals surface area contributed by atoms with Gasteiger partial charge in [-0.15, -0.1) is 0 Å². The molecule has 0 aromatic carbocycles. The van der Waals surface area contributed by atoms with E-state index in [0.29, 0.717) is 17.6 Å². The molecule has 0 radical (unpaired) electrons. The second kappa shape index (κ2) is 5.75. The van der Waals surface area contributed by atoms with Crippen molar-refractivity contribution in [2.45, 2.75) is 66.2 Å². The van der Waals surface area contributed by atoms with Crippen LogP contribution >= 0.6 is 0 Å². The molecule has 104 valence electrons. The molecule has 18 heavy (non-hydrogen) atoms. The van der Waals surface area contributed by atoms with E-state index in [4.69, 9.17) is 0 Å². The van der Waals surface area contributed by atoms with Gasteiger partial charge in [0.1, 0.15) is 5.78 Å². The van der Waals surface area contributed by atoms with Gasteiger partial charge in [0.15, 0.2) is 0 Å². The van der Waals surface area contributed by atoms with Gasteiger partial charge in [-0.05, 0) is 35.5 Å². The van der Waals surface area contributed by atoms with Crippen LogP contribution in [0.15, 0.2) is 0 Å². The topological polar surface area (TPSA) is 17.1 Å². The Bertz CT molecular complexity index is 248. The van der Waals surface area contributed by atoms with Gasteiger partial charge in [-0.3, -0.25) is 4.79 Å². The lowest BCUT2D eigenvalue weighted by Crippen LogP contribution is -2.21. The SMILES string of the molecule is CC1CCC(C)C1CC(=O)CC1C(C)CCC1C. The Morgan fingerprint density at radius 3 is 1.28 bits per heavy atom. The van der Waals surface area contributed by atoms with E-state index in [1.54, 1.807) is 0 Å². The highest BCUT2D eigenvalue weighted by molar-refractivity contribution is 5.79. The van der Waals surface area contributed by atoms with Crippen molar-refractivity contribution in [2.75, 3.05) is 0 Å². The van der Waals surface area contributed by atoms with Crippen molar-refractivity contribution in [1.82, 2.24) is 0 Å². The van der Waals surface area contributed by atoms with Gasteiger partial charge in [0.05, 0.1) is 0 Å². The Labute approximate surface area is 113 Å². The smallest absolute Gasteiger partial charge is 0.133 e. The van der Waals surface area contributed by atoms with Crippen LogP contribution in [0.2, 0.25) is 0 Å². The number of rotatable bonds is 4. The van der Waals surface area contributed by atoms with Crippen LogP contribution in [0.3, 0.4) is 0 Å². The van der Waals surface area contributed by atoms with Crippen LogP contribution in [0.25, 0.3) is 0 Å². The van der Waals surface area contributed by atoms with Gasteiger partial charge >= 0.3 is 0 Å². The van der Waals surface area contributed by atoms with Crippen molar-refractivity contribution in [3.63, 3.8) is 0 Å². The first-order valence-corrected chi connectivity index (χ1v) is 8.00. The van der Waals surface area contributed by atoms with E-state index in [9.17, 15) is 4.79 Å². The summed E-state index contributed by atoms with van der Waals surface area (Å²) in [5.74, 6) is 4.95. The van der Waals surface area contributed by atoms with E-state index in [0.717, 1.165) is 36.5 Å². The molecule has 1 nitrogen and oxygen atoms in total. The molecule has 0 aromatic rings. The number of carbonyl (C=O) groups excluding carboxylic acids is 1. The van der Waals surface area contributed by atoms with Crippen LogP contribution in [0.4, 0.5) is 0 Å². The monoisotopic (exact) mass is 250 g/mol. The second-order valence-electron chi connectivity index (χ2n) is 7.34. The second-order valence-corrected chi connectivity index (χ2v) is 7.34. The van der Waals surface area contributed by atoms with Gasteiger partial charge in [-0.2, -0.15) is 0 Å². The minimum absolute atomic E-state index is 0.547. The standard InChI is InChI=1S/C17H30O/c1-11-5-6-12(2)16(11)9-15(18)10-17-13(3)7-8-14(17)4/h11-14,16-17H,5-10H2,1-4H3. The van der Waals surface area contributed by atoms with E-state index in [1.165, 1.54) is 25.7 Å². The molecule has 2 rings (SSSR count). The fraction of sp³-hybridized carbons (Fsp3) is 0.941. The molecule has 0 N–H and O–H groups in total. The number of ketones is 1. The lowest BCUT2D eigenvalue weighted by molar-refractivity contribution is -0.121. The van der Waals surface area contributed by atoms with Gasteiger partial charge in [0, 0.05) is 12.8 Å². The quantitative estimate of drug-likeness (QED) is 0.707. The summed E-state index contributed by atoms with van der Waals surface area (Å²) in [6, 6.07) is 0. The summed E-state index contributed by atoms with van der Waals surface area (Å²) in [7, 11) is 0. The van der Waals surface area contributed by atoms with Crippen LogP contribution in [0.5, 0.6) is 0 Å². The third-order valence-electron chi connectivity index (χ3n) is 6.01. The third kappa shape index (κ3) is 2.97. The fourth-order valence-electron chi connectivity index (χ4n) is 4.44. The van der Waals surface area contributed by atoms with Crippen LogP contribution in [0, 0.1) is 35.5 Å². The Balaban J connectivity index is 1.85. The third-order valence-corrected chi connectivity index (χ3v) is 6.01. The maximum atomic E-state index is 12.3. The van der Waals surface area contributed by atoms with Gasteiger partial charge in [0.25, 0.3) is 0 Å². The Morgan fingerprint density at radius 2 is 1.00 bits per heavy atom. The molecule has 2 aliphatic rings. The minimum atomic E-state index is 0.547. The lowest BCUT2D eigenvalue weighted by atomic mass is 9.81. The number of hydrogen-bond donors (Lipinski definition) is 0. The Morgan fingerprint density at radius 1 is 0.722 bits per heavy atom. The van der Waals surface area contributed by atoms with Crippen LogP contribution in [-0.2, 0) is 4.79 Å². The minimum Gasteiger partial charge on any atom is -0.300 e. The first-order valence-electron chi connectivity index (χ1n) is 8.00. The zero-order chi connectivity index (χ0) is 13.3. The van der Waals surface area contributed by atoms with Crippen LogP contribution in [-0.4, -0.2) is 5.78 Å². The first kappa shape index (κ1) is 14.1. The molecule has 0 aromatic heterocycles. The molecule has 2 fully saturated rings. The van der Waals surface area contributed by atoms with Crippen molar-refractivity contribution in [3.05, 3.63) is 0 Å². The van der Waals surface area contributed by atoms with E-state index >= 15 is 0 Å². The van der Waals surface area contributed by atoms with Gasteiger partial charge in [-0.1, -0.05) is 53.4 Å². The molecule has 4 unspecified atom stereocenters. The molecule has 1 heteroatoms. The van der Waals surface area contributed by atoms with E-state index in [1.807, 2.05) is 0 Å². The van der Waals surface area contributed by atoms with Gasteiger partial charge < -0.3 is 0 Å². The van der Waals surface area contributed by atoms with Gasteiger partial charge in [-0.25, -0.2) is 0 Å². The maximum Gasteiger partial charge on any atom is 0.133 e. The zero-order valence-electron chi connectivity index (χ0n) is 12.6. The summed E-state index contributed by atoms with van der Waals surface area (Å²) in [5.41, 5.74) is 0. The molecule has 2 aliphatic carbocycles. The highest BCUT2D eigenvalue weighted by atomic mass is 16.1. The maximum absolute atomic E-state index is 12.3. The van der Waals surface area contributed by atoms with Crippen LogP contribution in [0.1, 0.15) is 66.2 Å². The summed E-state index contributed by atoms with van der Waals surface area (Å²) < 4.78 is 0. The van der Waals surface area contributed by atoms with E-state index < -0.39 is 0 Å². The van der Waals surface area contributed by atoms with Crippen molar-refractivity contribution in [3.8, 4) is 0 Å². The Hall–Kier alpha value is -0.330. The molecule has 0 spiro atoms. The highest BCUT2D eigenvalue weighted by Crippen LogP contribution is 2.42. The lowest BCUT2D eigenvalue weighted by Gasteiger charge is -2.23. The predicted molar refractivity (Wildman–Crippen MR) is 76.3 cm³/mol. The fourth-order valence-corrected chi connectivity index (χ4v) is 4.44. The largest absolute Gasteiger partial charge is 0.300 e. The molecule has 0 amide bonds. The molecule has 0 saturated heterocycles. The summed E-state index contributed by atoms with van der Waals surface area (Å²) in [4.78, 5) is 12.3. The van der Waals surface area contributed by atoms with Crippen molar-refractivity contribution < 1.29 is 4.79 Å². The summed E-state index contributed by atoms with van der Waals surface area (Å²) in [5, 5.41) is 0. The molecular weight excluding hydrogens is 220 g/mol. The van der Waals surface area contributed by atoms with Crippen molar-refractivity contribution in [2.24, 2.45) is 35.5 Å². The van der Waals surface area contributed by atoms with E-state index in [-0.39, 0.29) is 0 Å². The summed E-state index contributed by atoms with van der Waals surface area (Å²) in [6.07, 6.45) is 7.03. The van der Waals surface area contributed by atoms with Crippen molar-refractivity contribution in [1.29, 1.82) is 0 Å². The molecule has 0 bridgehead atoms. The number of carbonyl (C=O) groups is 1. The normalized spacial score (nSPS) is 44.4. The first-order chi connectivity index (χ1) is 8.49. The number of Topliss-reactive ketones (excluding diaryl/α,β-unsaturated/α-hetero) is 1. The zero-order valence-corrected chi connectivity index (χ0v) is 12.6. The summed E-state index contributed by atoms with van der Waals surface area (Å²) >= 11 is 0. The van der Waals surface area contributed by atoms with Gasteiger partial charge in [0.2, 0.25) is 0 Å². The molecular formula is C17H30O. The molecule has 0 heterocycles. The van der Waals surface area contributed by atoms with Crippen LogP contribution < -0.4 is 0 Å².